The van der Waals surface area contributed by atoms with E-state index in [-0.39, 0.29) is 17.6 Å². The third-order valence-corrected chi connectivity index (χ3v) is 3.52. The van der Waals surface area contributed by atoms with E-state index in [1.807, 2.05) is 6.92 Å². The molecule has 0 aliphatic carbocycles. The summed E-state index contributed by atoms with van der Waals surface area (Å²) in [5, 5.41) is 5.95. The molecule has 1 aromatic carbocycles. The summed E-state index contributed by atoms with van der Waals surface area (Å²) in [7, 11) is 0. The zero-order chi connectivity index (χ0) is 14.5. The molecule has 0 spiro atoms. The first-order valence-corrected chi connectivity index (χ1v) is 6.58. The van der Waals surface area contributed by atoms with Crippen LogP contribution in [0.1, 0.15) is 12.5 Å². The standard InChI is InChI=1S/C14H18F2N2O2/c1-9(11-7-17-8-11)13(19)18-6-10-3-2-4-12(5-10)20-14(15)16/h2-5,9,11,14,17H,6-8H2,1H3,(H,18,19). The smallest absolute Gasteiger partial charge is 0.387 e. The summed E-state index contributed by atoms with van der Waals surface area (Å²) >= 11 is 0. The summed E-state index contributed by atoms with van der Waals surface area (Å²) in [6, 6.07) is 6.34. The molecular formula is C14H18F2N2O2. The highest BCUT2D eigenvalue weighted by atomic mass is 19.3. The van der Waals surface area contributed by atoms with Crippen molar-refractivity contribution in [2.45, 2.75) is 20.1 Å². The minimum absolute atomic E-state index is 0.0170. The molecule has 110 valence electrons. The zero-order valence-corrected chi connectivity index (χ0v) is 11.2. The van der Waals surface area contributed by atoms with Crippen LogP contribution in [0.15, 0.2) is 24.3 Å². The molecule has 1 saturated heterocycles. The molecule has 0 saturated carbocycles. The molecule has 4 nitrogen and oxygen atoms in total. The molecular weight excluding hydrogens is 266 g/mol. The Bertz CT molecular complexity index is 464. The molecule has 2 N–H and O–H groups in total. The van der Waals surface area contributed by atoms with E-state index >= 15 is 0 Å². The maximum atomic E-state index is 12.1. The number of nitrogens with one attached hydrogen (secondary N) is 2. The van der Waals surface area contributed by atoms with Crippen LogP contribution in [0.4, 0.5) is 8.78 Å². The molecule has 1 atom stereocenters. The van der Waals surface area contributed by atoms with Crippen molar-refractivity contribution in [2.24, 2.45) is 11.8 Å². The average Bonchev–Trinajstić information content (AvgIpc) is 2.33. The monoisotopic (exact) mass is 284 g/mol. The van der Waals surface area contributed by atoms with Gasteiger partial charge >= 0.3 is 6.61 Å². The van der Waals surface area contributed by atoms with Crippen molar-refractivity contribution < 1.29 is 18.3 Å². The van der Waals surface area contributed by atoms with E-state index in [0.29, 0.717) is 12.5 Å². The van der Waals surface area contributed by atoms with Crippen LogP contribution in [0.25, 0.3) is 0 Å². The number of rotatable bonds is 6. The molecule has 1 aromatic rings. The summed E-state index contributed by atoms with van der Waals surface area (Å²) in [4.78, 5) is 11.9. The van der Waals surface area contributed by atoms with Gasteiger partial charge in [0, 0.05) is 12.5 Å². The summed E-state index contributed by atoms with van der Waals surface area (Å²) in [6.07, 6.45) is 0. The number of hydrogen-bond donors (Lipinski definition) is 2. The number of carbonyl (C=O) groups is 1. The Kier molecular flexibility index (Phi) is 4.89. The second-order valence-electron chi connectivity index (χ2n) is 4.95. The number of carbonyl (C=O) groups excluding carboxylic acids is 1. The van der Waals surface area contributed by atoms with Gasteiger partial charge in [0.05, 0.1) is 0 Å². The van der Waals surface area contributed by atoms with Crippen LogP contribution in [0.2, 0.25) is 0 Å². The molecule has 1 heterocycles. The molecule has 0 bridgehead atoms. The highest BCUT2D eigenvalue weighted by Crippen LogP contribution is 2.18. The van der Waals surface area contributed by atoms with Crippen molar-refractivity contribution in [1.29, 1.82) is 0 Å². The van der Waals surface area contributed by atoms with E-state index in [9.17, 15) is 13.6 Å². The van der Waals surface area contributed by atoms with E-state index in [1.165, 1.54) is 12.1 Å². The number of hydrogen-bond acceptors (Lipinski definition) is 3. The van der Waals surface area contributed by atoms with E-state index in [2.05, 4.69) is 15.4 Å². The Labute approximate surface area is 116 Å². The van der Waals surface area contributed by atoms with Gasteiger partial charge in [0.25, 0.3) is 0 Å². The van der Waals surface area contributed by atoms with Crippen LogP contribution < -0.4 is 15.4 Å². The van der Waals surface area contributed by atoms with Gasteiger partial charge in [-0.05, 0) is 36.7 Å². The second-order valence-corrected chi connectivity index (χ2v) is 4.95. The van der Waals surface area contributed by atoms with Gasteiger partial charge in [0.2, 0.25) is 5.91 Å². The average molecular weight is 284 g/mol. The molecule has 0 radical (unpaired) electrons. The number of benzene rings is 1. The Morgan fingerprint density at radius 1 is 1.50 bits per heavy atom. The van der Waals surface area contributed by atoms with Gasteiger partial charge in [-0.25, -0.2) is 0 Å². The SMILES string of the molecule is CC(C(=O)NCc1cccc(OC(F)F)c1)C1CNC1. The van der Waals surface area contributed by atoms with Crippen LogP contribution in [-0.4, -0.2) is 25.6 Å². The fourth-order valence-corrected chi connectivity index (χ4v) is 2.06. The third-order valence-electron chi connectivity index (χ3n) is 3.52. The first kappa shape index (κ1) is 14.7. The molecule has 6 heteroatoms. The minimum Gasteiger partial charge on any atom is -0.435 e. The van der Waals surface area contributed by atoms with Crippen molar-refractivity contribution >= 4 is 5.91 Å². The third kappa shape index (κ3) is 3.90. The van der Waals surface area contributed by atoms with Crippen molar-refractivity contribution in [1.82, 2.24) is 10.6 Å². The largest absolute Gasteiger partial charge is 0.435 e. The van der Waals surface area contributed by atoms with E-state index in [0.717, 1.165) is 18.7 Å². The lowest BCUT2D eigenvalue weighted by atomic mass is 9.88. The van der Waals surface area contributed by atoms with Gasteiger partial charge in [0.1, 0.15) is 5.75 Å². The molecule has 1 aliphatic heterocycles. The second kappa shape index (κ2) is 6.65. The van der Waals surface area contributed by atoms with Crippen LogP contribution in [0, 0.1) is 11.8 Å². The molecule has 1 fully saturated rings. The van der Waals surface area contributed by atoms with Crippen LogP contribution >= 0.6 is 0 Å². The predicted octanol–water partition coefficient (Wildman–Crippen LogP) is 1.76. The van der Waals surface area contributed by atoms with Crippen molar-refractivity contribution in [3.8, 4) is 5.75 Å². The number of halogens is 2. The molecule has 20 heavy (non-hydrogen) atoms. The van der Waals surface area contributed by atoms with Crippen molar-refractivity contribution in [2.75, 3.05) is 13.1 Å². The van der Waals surface area contributed by atoms with Crippen molar-refractivity contribution in [3.63, 3.8) is 0 Å². The van der Waals surface area contributed by atoms with Gasteiger partial charge in [-0.15, -0.1) is 0 Å². The maximum absolute atomic E-state index is 12.1. The lowest BCUT2D eigenvalue weighted by Crippen LogP contribution is -2.49. The highest BCUT2D eigenvalue weighted by molar-refractivity contribution is 5.78. The molecule has 1 amide bonds. The fraction of sp³-hybridized carbons (Fsp3) is 0.500. The van der Waals surface area contributed by atoms with E-state index in [4.69, 9.17) is 0 Å². The fourth-order valence-electron chi connectivity index (χ4n) is 2.06. The summed E-state index contributed by atoms with van der Waals surface area (Å²) in [6.45, 7) is 1.10. The highest BCUT2D eigenvalue weighted by Gasteiger charge is 2.28. The van der Waals surface area contributed by atoms with Crippen LogP contribution in [0.3, 0.4) is 0 Å². The number of ether oxygens (including phenoxy) is 1. The van der Waals surface area contributed by atoms with Gasteiger partial charge in [-0.1, -0.05) is 19.1 Å². The normalized spacial score (nSPS) is 16.6. The summed E-state index contributed by atoms with van der Waals surface area (Å²) < 4.78 is 28.5. The Morgan fingerprint density at radius 2 is 2.25 bits per heavy atom. The van der Waals surface area contributed by atoms with Gasteiger partial charge in [0.15, 0.2) is 0 Å². The molecule has 1 unspecified atom stereocenters. The Morgan fingerprint density at radius 3 is 2.85 bits per heavy atom. The lowest BCUT2D eigenvalue weighted by Gasteiger charge is -2.31. The maximum Gasteiger partial charge on any atom is 0.387 e. The summed E-state index contributed by atoms with van der Waals surface area (Å²) in [5.74, 6) is 0.417. The Balaban J connectivity index is 1.85. The first-order chi connectivity index (χ1) is 9.56. The van der Waals surface area contributed by atoms with Gasteiger partial charge in [-0.2, -0.15) is 8.78 Å². The van der Waals surface area contributed by atoms with Crippen molar-refractivity contribution in [3.05, 3.63) is 29.8 Å². The van der Waals surface area contributed by atoms with E-state index < -0.39 is 6.61 Å². The predicted molar refractivity (Wildman–Crippen MR) is 70.4 cm³/mol. The number of amides is 1. The molecule has 0 aromatic heterocycles. The quantitative estimate of drug-likeness (QED) is 0.837. The first-order valence-electron chi connectivity index (χ1n) is 6.58. The molecule has 1 aliphatic rings. The summed E-state index contributed by atoms with van der Waals surface area (Å²) in [5.41, 5.74) is 0.732. The van der Waals surface area contributed by atoms with Gasteiger partial charge in [-0.3, -0.25) is 4.79 Å². The zero-order valence-electron chi connectivity index (χ0n) is 11.2. The topological polar surface area (TPSA) is 50.4 Å². The van der Waals surface area contributed by atoms with Gasteiger partial charge < -0.3 is 15.4 Å². The van der Waals surface area contributed by atoms with Crippen LogP contribution in [0.5, 0.6) is 5.75 Å². The minimum atomic E-state index is -2.84. The molecule has 2 rings (SSSR count). The Hall–Kier alpha value is -1.69. The lowest BCUT2D eigenvalue weighted by molar-refractivity contribution is -0.126. The van der Waals surface area contributed by atoms with Crippen LogP contribution in [-0.2, 0) is 11.3 Å². The van der Waals surface area contributed by atoms with E-state index in [1.54, 1.807) is 12.1 Å². The number of alkyl halides is 2.